The molecule has 3 rings (SSSR count). The highest BCUT2D eigenvalue weighted by Crippen LogP contribution is 2.23. The molecule has 1 aromatic carbocycles. The van der Waals surface area contributed by atoms with Gasteiger partial charge < -0.3 is 4.90 Å². The second kappa shape index (κ2) is 6.43. The van der Waals surface area contributed by atoms with Crippen LogP contribution in [-0.2, 0) is 34.2 Å². The topological polar surface area (TPSA) is 66.5 Å². The number of hydrogen-bond donors (Lipinski definition) is 1. The first kappa shape index (κ1) is 16.2. The summed E-state index contributed by atoms with van der Waals surface area (Å²) >= 11 is 1.57. The highest BCUT2D eigenvalue weighted by atomic mass is 32.2. The second-order valence-corrected chi connectivity index (χ2v) is 8.38. The lowest BCUT2D eigenvalue weighted by molar-refractivity contribution is -0.131. The third-order valence-electron chi connectivity index (χ3n) is 4.03. The molecule has 1 aromatic heterocycles. The van der Waals surface area contributed by atoms with Gasteiger partial charge in [-0.05, 0) is 48.2 Å². The van der Waals surface area contributed by atoms with Gasteiger partial charge in [0.25, 0.3) is 0 Å². The van der Waals surface area contributed by atoms with E-state index in [0.717, 1.165) is 22.4 Å². The molecule has 2 aromatic rings. The van der Waals surface area contributed by atoms with Crippen molar-refractivity contribution in [2.75, 3.05) is 13.6 Å². The van der Waals surface area contributed by atoms with Crippen LogP contribution in [-0.4, -0.2) is 32.8 Å². The Hall–Kier alpha value is -1.70. The van der Waals surface area contributed by atoms with E-state index in [1.54, 1.807) is 28.4 Å². The van der Waals surface area contributed by atoms with Crippen molar-refractivity contribution in [3.05, 3.63) is 51.7 Å². The summed E-state index contributed by atoms with van der Waals surface area (Å²) in [6.07, 6.45) is 1.16. The van der Waals surface area contributed by atoms with E-state index in [2.05, 4.69) is 4.72 Å². The molecule has 0 radical (unpaired) electrons. The molecule has 23 heavy (non-hydrogen) atoms. The molecular formula is C16H18N2O3S2. The molecule has 0 atom stereocenters. The van der Waals surface area contributed by atoms with E-state index >= 15 is 0 Å². The zero-order chi connectivity index (χ0) is 16.4. The van der Waals surface area contributed by atoms with Crippen molar-refractivity contribution in [1.82, 2.24) is 9.62 Å². The number of thiophene rings is 1. The number of rotatable bonds is 4. The smallest absolute Gasteiger partial charge is 0.240 e. The van der Waals surface area contributed by atoms with Gasteiger partial charge in [0, 0.05) is 18.0 Å². The van der Waals surface area contributed by atoms with Crippen molar-refractivity contribution in [3.63, 3.8) is 0 Å². The summed E-state index contributed by atoms with van der Waals surface area (Å²) in [6, 6.07) is 9.03. The number of nitrogens with one attached hydrogen (secondary N) is 1. The van der Waals surface area contributed by atoms with Crippen LogP contribution in [0, 0.1) is 0 Å². The summed E-state index contributed by atoms with van der Waals surface area (Å²) in [5, 5.41) is 1.96. The fourth-order valence-corrected chi connectivity index (χ4v) is 4.18. The normalized spacial score (nSPS) is 14.6. The van der Waals surface area contributed by atoms with Gasteiger partial charge >= 0.3 is 0 Å². The third-order valence-corrected chi connectivity index (χ3v) is 6.32. The lowest BCUT2D eigenvalue weighted by Crippen LogP contribution is -2.37. The van der Waals surface area contributed by atoms with Crippen molar-refractivity contribution in [3.8, 4) is 0 Å². The molecule has 0 fully saturated rings. The molecule has 0 aliphatic carbocycles. The van der Waals surface area contributed by atoms with E-state index in [-0.39, 0.29) is 10.8 Å². The van der Waals surface area contributed by atoms with Crippen LogP contribution in [0.4, 0.5) is 0 Å². The molecule has 1 aliphatic heterocycles. The highest BCUT2D eigenvalue weighted by Gasteiger charge is 2.23. The first-order valence-electron chi connectivity index (χ1n) is 7.35. The van der Waals surface area contributed by atoms with Crippen LogP contribution in [0.2, 0.25) is 0 Å². The van der Waals surface area contributed by atoms with E-state index in [9.17, 15) is 13.2 Å². The lowest BCUT2D eigenvalue weighted by atomic mass is 9.99. The Labute approximate surface area is 140 Å². The number of nitrogens with zero attached hydrogens (tertiary/aromatic N) is 1. The predicted molar refractivity (Wildman–Crippen MR) is 89.8 cm³/mol. The SMILES string of the molecule is CNS(=O)(=O)c1ccc2c(c1)CN(C(=O)Cc1cccs1)CC2. The molecule has 5 nitrogen and oxygen atoms in total. The van der Waals surface area contributed by atoms with Gasteiger partial charge in [0.15, 0.2) is 0 Å². The number of hydrogen-bond acceptors (Lipinski definition) is 4. The first-order valence-corrected chi connectivity index (χ1v) is 9.71. The van der Waals surface area contributed by atoms with Gasteiger partial charge in [-0.25, -0.2) is 13.1 Å². The monoisotopic (exact) mass is 350 g/mol. The quantitative estimate of drug-likeness (QED) is 0.914. The van der Waals surface area contributed by atoms with Crippen LogP contribution in [0.15, 0.2) is 40.6 Å². The number of carbonyl (C=O) groups excluding carboxylic acids is 1. The van der Waals surface area contributed by atoms with Gasteiger partial charge in [0.1, 0.15) is 0 Å². The van der Waals surface area contributed by atoms with Crippen molar-refractivity contribution < 1.29 is 13.2 Å². The maximum Gasteiger partial charge on any atom is 0.240 e. The Bertz CT molecular complexity index is 814. The minimum absolute atomic E-state index is 0.0833. The van der Waals surface area contributed by atoms with Crippen LogP contribution in [0.3, 0.4) is 0 Å². The lowest BCUT2D eigenvalue weighted by Gasteiger charge is -2.29. The Balaban J connectivity index is 1.79. The van der Waals surface area contributed by atoms with Gasteiger partial charge in [-0.15, -0.1) is 11.3 Å². The second-order valence-electron chi connectivity index (χ2n) is 5.46. The van der Waals surface area contributed by atoms with Gasteiger partial charge in [-0.2, -0.15) is 0 Å². The fraction of sp³-hybridized carbons (Fsp3) is 0.312. The Morgan fingerprint density at radius 3 is 2.83 bits per heavy atom. The molecule has 122 valence electrons. The molecule has 0 unspecified atom stereocenters. The average molecular weight is 350 g/mol. The van der Waals surface area contributed by atoms with Crippen molar-refractivity contribution >= 4 is 27.3 Å². The van der Waals surface area contributed by atoms with Crippen molar-refractivity contribution in [1.29, 1.82) is 0 Å². The predicted octanol–water partition coefficient (Wildman–Crippen LogP) is 1.78. The summed E-state index contributed by atoms with van der Waals surface area (Å²) in [4.78, 5) is 15.5. The van der Waals surface area contributed by atoms with Crippen molar-refractivity contribution in [2.45, 2.75) is 24.3 Å². The largest absolute Gasteiger partial charge is 0.338 e. The van der Waals surface area contributed by atoms with E-state index in [1.807, 2.05) is 23.6 Å². The van der Waals surface area contributed by atoms with Crippen LogP contribution >= 0.6 is 11.3 Å². The van der Waals surface area contributed by atoms with Gasteiger partial charge in [-0.1, -0.05) is 12.1 Å². The number of amides is 1. The number of fused-ring (bicyclic) bond motifs is 1. The summed E-state index contributed by atoms with van der Waals surface area (Å²) < 4.78 is 26.2. The minimum Gasteiger partial charge on any atom is -0.338 e. The Kier molecular flexibility index (Phi) is 4.52. The Morgan fingerprint density at radius 1 is 1.30 bits per heavy atom. The molecule has 0 saturated carbocycles. The summed E-state index contributed by atoms with van der Waals surface area (Å²) in [5.41, 5.74) is 2.02. The number of benzene rings is 1. The molecule has 0 spiro atoms. The first-order chi connectivity index (χ1) is 11.0. The zero-order valence-corrected chi connectivity index (χ0v) is 14.4. The average Bonchev–Trinajstić information content (AvgIpc) is 3.06. The van der Waals surface area contributed by atoms with Crippen LogP contribution in [0.5, 0.6) is 0 Å². The summed E-state index contributed by atoms with van der Waals surface area (Å²) in [6.45, 7) is 1.14. The molecule has 0 bridgehead atoms. The van der Waals surface area contributed by atoms with Crippen LogP contribution < -0.4 is 4.72 Å². The van der Waals surface area contributed by atoms with Crippen molar-refractivity contribution in [2.24, 2.45) is 0 Å². The van der Waals surface area contributed by atoms with E-state index in [4.69, 9.17) is 0 Å². The molecular weight excluding hydrogens is 332 g/mol. The number of carbonyl (C=O) groups is 1. The van der Waals surface area contributed by atoms with Gasteiger partial charge in [0.2, 0.25) is 15.9 Å². The maximum absolute atomic E-state index is 12.4. The highest BCUT2D eigenvalue weighted by molar-refractivity contribution is 7.89. The molecule has 1 N–H and O–H groups in total. The molecule has 7 heteroatoms. The van der Waals surface area contributed by atoms with Gasteiger partial charge in [0.05, 0.1) is 11.3 Å². The van der Waals surface area contributed by atoms with E-state index < -0.39 is 10.0 Å². The number of sulfonamides is 1. The molecule has 1 aliphatic rings. The maximum atomic E-state index is 12.4. The van der Waals surface area contributed by atoms with Gasteiger partial charge in [-0.3, -0.25) is 4.79 Å². The fourth-order valence-electron chi connectivity index (χ4n) is 2.71. The molecule has 1 amide bonds. The van der Waals surface area contributed by atoms with Crippen LogP contribution in [0.25, 0.3) is 0 Å². The minimum atomic E-state index is -3.46. The Morgan fingerprint density at radius 2 is 2.13 bits per heavy atom. The van der Waals surface area contributed by atoms with E-state index in [0.29, 0.717) is 19.5 Å². The standard InChI is InChI=1S/C16H18N2O3S2/c1-17-23(20,21)15-5-4-12-6-7-18(11-13(12)9-15)16(19)10-14-3-2-8-22-14/h2-5,8-9,17H,6-7,10-11H2,1H3. The van der Waals surface area contributed by atoms with Crippen LogP contribution in [0.1, 0.15) is 16.0 Å². The molecule has 2 heterocycles. The zero-order valence-electron chi connectivity index (χ0n) is 12.8. The van der Waals surface area contributed by atoms with E-state index in [1.165, 1.54) is 7.05 Å². The molecule has 0 saturated heterocycles. The third kappa shape index (κ3) is 3.46. The summed E-state index contributed by atoms with van der Waals surface area (Å²) in [5.74, 6) is 0.0833. The summed E-state index contributed by atoms with van der Waals surface area (Å²) in [7, 11) is -2.07.